The second-order valence-corrected chi connectivity index (χ2v) is 7.65. The second kappa shape index (κ2) is 9.27. The largest absolute Gasteiger partial charge is 0.473 e. The summed E-state index contributed by atoms with van der Waals surface area (Å²) >= 11 is 0. The highest BCUT2D eigenvalue weighted by molar-refractivity contribution is 6.33. The van der Waals surface area contributed by atoms with E-state index in [1.807, 2.05) is 60.7 Å². The van der Waals surface area contributed by atoms with Gasteiger partial charge < -0.3 is 14.5 Å². The van der Waals surface area contributed by atoms with Crippen LogP contribution >= 0.6 is 0 Å². The molecule has 1 N–H and O–H groups in total. The Labute approximate surface area is 196 Å². The lowest BCUT2D eigenvalue weighted by Gasteiger charge is -2.14. The Hall–Kier alpha value is -4.33. The molecule has 0 aliphatic rings. The molecule has 5 aromatic rings. The predicted octanol–water partition coefficient (Wildman–Crippen LogP) is 3.80. The zero-order valence-corrected chi connectivity index (χ0v) is 18.1. The molecule has 2 aromatic heterocycles. The fourth-order valence-corrected chi connectivity index (χ4v) is 3.63. The molecule has 6 nitrogen and oxygen atoms in total. The summed E-state index contributed by atoms with van der Waals surface area (Å²) in [6.07, 6.45) is 0. The summed E-state index contributed by atoms with van der Waals surface area (Å²) in [4.78, 5) is 19.9. The molecule has 0 saturated heterocycles. The normalized spacial score (nSPS) is 11.0. The number of ether oxygens (including phenoxy) is 2. The van der Waals surface area contributed by atoms with Gasteiger partial charge in [0.05, 0.1) is 5.52 Å². The minimum absolute atomic E-state index is 0.0170. The van der Waals surface area contributed by atoms with Crippen molar-refractivity contribution in [1.29, 1.82) is 0 Å². The van der Waals surface area contributed by atoms with Gasteiger partial charge in [-0.25, -0.2) is 9.18 Å². The van der Waals surface area contributed by atoms with Crippen LogP contribution < -0.4 is 20.6 Å². The van der Waals surface area contributed by atoms with E-state index in [1.54, 1.807) is 18.2 Å². The van der Waals surface area contributed by atoms with E-state index < -0.39 is 11.5 Å². The molecule has 3 aromatic carbocycles. The van der Waals surface area contributed by atoms with E-state index in [2.05, 4.69) is 9.97 Å². The fourth-order valence-electron chi connectivity index (χ4n) is 3.63. The van der Waals surface area contributed by atoms with Crippen LogP contribution in [0.1, 0.15) is 11.1 Å². The molecule has 166 valence electrons. The Kier molecular flexibility index (Phi) is 5.87. The quantitative estimate of drug-likeness (QED) is 0.383. The lowest BCUT2D eigenvalue weighted by molar-refractivity contribution is 0.267. The number of benzene rings is 3. The third-order valence-electron chi connectivity index (χ3n) is 5.33. The number of halogens is 1. The van der Waals surface area contributed by atoms with E-state index in [1.165, 1.54) is 10.6 Å². The molecule has 2 radical (unpaired) electrons. The fraction of sp³-hybridized carbons (Fsp3) is 0.0769. The van der Waals surface area contributed by atoms with Gasteiger partial charge >= 0.3 is 5.69 Å². The Morgan fingerprint density at radius 2 is 1.50 bits per heavy atom. The maximum absolute atomic E-state index is 14.5. The second-order valence-electron chi connectivity index (χ2n) is 7.65. The van der Waals surface area contributed by atoms with E-state index in [0.29, 0.717) is 23.7 Å². The minimum Gasteiger partial charge on any atom is -0.473 e. The van der Waals surface area contributed by atoms with Crippen LogP contribution in [0, 0.1) is 5.82 Å². The molecule has 0 fully saturated rings. The molecule has 0 spiro atoms. The number of H-pyrrole nitrogens is 1. The van der Waals surface area contributed by atoms with Gasteiger partial charge in [-0.2, -0.15) is 4.98 Å². The molecule has 0 bridgehead atoms. The smallest absolute Gasteiger partial charge is 0.331 e. The average molecular weight is 451 g/mol. The summed E-state index contributed by atoms with van der Waals surface area (Å²) < 4.78 is 27.7. The van der Waals surface area contributed by atoms with Gasteiger partial charge in [0.1, 0.15) is 38.1 Å². The first-order chi connectivity index (χ1) is 16.6. The van der Waals surface area contributed by atoms with Crippen molar-refractivity contribution in [2.75, 3.05) is 0 Å². The lowest BCUT2D eigenvalue weighted by atomic mass is 9.95. The molecule has 0 saturated carbocycles. The average Bonchev–Trinajstić information content (AvgIpc) is 3.21. The molecule has 0 unspecified atom stereocenters. The van der Waals surface area contributed by atoms with E-state index >= 15 is 0 Å². The van der Waals surface area contributed by atoms with Gasteiger partial charge in [0.15, 0.2) is 0 Å². The number of aromatic amines is 1. The Balaban J connectivity index is 1.54. The first-order valence-electron chi connectivity index (χ1n) is 10.6. The van der Waals surface area contributed by atoms with Gasteiger partial charge in [0.2, 0.25) is 11.8 Å². The third kappa shape index (κ3) is 4.30. The number of hydrogen-bond acceptors (Lipinski definition) is 4. The van der Waals surface area contributed by atoms with Crippen molar-refractivity contribution < 1.29 is 13.9 Å². The summed E-state index contributed by atoms with van der Waals surface area (Å²) in [5.74, 6) is -0.176. The number of nitrogens with zero attached hydrogens (tertiary/aromatic N) is 2. The maximum Gasteiger partial charge on any atom is 0.331 e. The van der Waals surface area contributed by atoms with Crippen LogP contribution in [-0.4, -0.2) is 22.4 Å². The van der Waals surface area contributed by atoms with Crippen molar-refractivity contribution in [3.8, 4) is 17.4 Å². The molecule has 0 aliphatic heterocycles. The van der Waals surface area contributed by atoms with Crippen LogP contribution in [0.2, 0.25) is 0 Å². The molecule has 0 atom stereocenters. The number of pyridine rings is 1. The van der Waals surface area contributed by atoms with Gasteiger partial charge in [-0.15, -0.1) is 0 Å². The summed E-state index contributed by atoms with van der Waals surface area (Å²) in [7, 11) is 5.67. The van der Waals surface area contributed by atoms with Crippen molar-refractivity contribution in [2.45, 2.75) is 13.2 Å². The Morgan fingerprint density at radius 3 is 2.18 bits per heavy atom. The third-order valence-corrected chi connectivity index (χ3v) is 5.33. The number of hydrogen-bond donors (Lipinski definition) is 1. The molecular formula is C26H19BFN3O3. The monoisotopic (exact) mass is 451 g/mol. The number of fused-ring (bicyclic) bond motifs is 1. The highest BCUT2D eigenvalue weighted by Gasteiger charge is 2.18. The molecule has 34 heavy (non-hydrogen) atoms. The molecule has 2 heterocycles. The standard InChI is InChI=1S/C26H19BFN3O3/c27-19-11-12-20-24(23(19)28)30-26(32)31(20)21-13-14-22(33-15-17-7-3-1-4-8-17)29-25(21)34-16-18-9-5-2-6-10-18/h1-14H,15-16H2,(H,30,32). The highest BCUT2D eigenvalue weighted by atomic mass is 19.1. The number of imidazole rings is 1. The van der Waals surface area contributed by atoms with Crippen LogP contribution in [0.3, 0.4) is 0 Å². The molecule has 0 amide bonds. The van der Waals surface area contributed by atoms with Crippen LogP contribution in [0.4, 0.5) is 4.39 Å². The summed E-state index contributed by atoms with van der Waals surface area (Å²) in [5.41, 5.74) is 2.01. The van der Waals surface area contributed by atoms with Crippen LogP contribution in [-0.2, 0) is 13.2 Å². The predicted molar refractivity (Wildman–Crippen MR) is 129 cm³/mol. The minimum atomic E-state index is -0.684. The van der Waals surface area contributed by atoms with Crippen LogP contribution in [0.5, 0.6) is 11.8 Å². The zero-order chi connectivity index (χ0) is 23.5. The molecular weight excluding hydrogens is 432 g/mol. The molecule has 8 heteroatoms. The van der Waals surface area contributed by atoms with Gasteiger partial charge in [-0.05, 0) is 23.3 Å². The van der Waals surface area contributed by atoms with Crippen molar-refractivity contribution >= 4 is 24.3 Å². The van der Waals surface area contributed by atoms with E-state index in [4.69, 9.17) is 17.3 Å². The number of aromatic nitrogens is 3. The van der Waals surface area contributed by atoms with Gasteiger partial charge in [0.25, 0.3) is 0 Å². The van der Waals surface area contributed by atoms with Gasteiger partial charge in [0, 0.05) is 6.07 Å². The number of rotatable bonds is 7. The van der Waals surface area contributed by atoms with Gasteiger partial charge in [-0.1, -0.05) is 72.2 Å². The van der Waals surface area contributed by atoms with E-state index in [0.717, 1.165) is 11.1 Å². The van der Waals surface area contributed by atoms with Crippen LogP contribution in [0.15, 0.2) is 89.7 Å². The zero-order valence-electron chi connectivity index (χ0n) is 18.1. The van der Waals surface area contributed by atoms with Crippen molar-refractivity contribution in [3.63, 3.8) is 0 Å². The Morgan fingerprint density at radius 1 is 0.853 bits per heavy atom. The van der Waals surface area contributed by atoms with Crippen molar-refractivity contribution in [1.82, 2.24) is 14.5 Å². The summed E-state index contributed by atoms with van der Waals surface area (Å²) in [5, 5.41) is 0. The maximum atomic E-state index is 14.5. The van der Waals surface area contributed by atoms with Crippen molar-refractivity contribution in [2.24, 2.45) is 0 Å². The van der Waals surface area contributed by atoms with E-state index in [9.17, 15) is 9.18 Å². The summed E-state index contributed by atoms with van der Waals surface area (Å²) in [6.45, 7) is 0.546. The molecule has 0 aliphatic carbocycles. The first kappa shape index (κ1) is 21.5. The van der Waals surface area contributed by atoms with E-state index in [-0.39, 0.29) is 23.5 Å². The number of nitrogens with one attached hydrogen (secondary N) is 1. The SMILES string of the molecule is [B]c1ccc2c([nH]c(=O)n2-c2ccc(OCc3ccccc3)nc2OCc2ccccc2)c1F. The summed E-state index contributed by atoms with van der Waals surface area (Å²) in [6, 6.07) is 25.6. The topological polar surface area (TPSA) is 69.1 Å². The van der Waals surface area contributed by atoms with Crippen LogP contribution in [0.25, 0.3) is 16.7 Å². The lowest BCUT2D eigenvalue weighted by Crippen LogP contribution is -2.16. The first-order valence-corrected chi connectivity index (χ1v) is 10.6. The molecule has 5 rings (SSSR count). The van der Waals surface area contributed by atoms with Crippen molar-refractivity contribution in [3.05, 3.63) is 112 Å². The Bertz CT molecular complexity index is 1500. The van der Waals surface area contributed by atoms with Gasteiger partial charge in [-0.3, -0.25) is 4.57 Å². The highest BCUT2D eigenvalue weighted by Crippen LogP contribution is 2.27.